The van der Waals surface area contributed by atoms with E-state index in [-0.39, 0.29) is 5.41 Å². The third-order valence-electron chi connectivity index (χ3n) is 11.5. The summed E-state index contributed by atoms with van der Waals surface area (Å²) >= 11 is 0. The van der Waals surface area contributed by atoms with Crippen molar-refractivity contribution < 1.29 is 0 Å². The summed E-state index contributed by atoms with van der Waals surface area (Å²) in [5.41, 5.74) is 11.7. The van der Waals surface area contributed by atoms with Crippen LogP contribution in [0.1, 0.15) is 50.2 Å². The number of benzene rings is 6. The predicted molar refractivity (Wildman–Crippen MR) is 215 cm³/mol. The Hall–Kier alpha value is -6.18. The van der Waals surface area contributed by atoms with Crippen molar-refractivity contribution in [2.45, 2.75) is 44.4 Å². The van der Waals surface area contributed by atoms with E-state index in [1.807, 2.05) is 30.3 Å². The largest absolute Gasteiger partial charge is 0.208 e. The Bertz CT molecular complexity index is 2380. The molecule has 0 N–H and O–H groups in total. The number of nitriles is 1. The first kappa shape index (κ1) is 32.7. The first-order valence-corrected chi connectivity index (χ1v) is 18.7. The van der Waals surface area contributed by atoms with E-state index < -0.39 is 0 Å². The number of fused-ring (bicyclic) bond motifs is 2. The fraction of sp³-hybridized carbons (Fsp3) is 0.184. The molecule has 2 bridgehead atoms. The van der Waals surface area contributed by atoms with Gasteiger partial charge < -0.3 is 0 Å². The summed E-state index contributed by atoms with van der Waals surface area (Å²) in [5, 5.41) is 9.69. The maximum Gasteiger partial charge on any atom is 0.164 e. The number of hydrogen-bond donors (Lipinski definition) is 0. The van der Waals surface area contributed by atoms with Crippen molar-refractivity contribution in [3.63, 3.8) is 0 Å². The van der Waals surface area contributed by atoms with Crippen LogP contribution in [0.4, 0.5) is 0 Å². The highest BCUT2D eigenvalue weighted by molar-refractivity contribution is 5.80. The van der Waals surface area contributed by atoms with Gasteiger partial charge in [-0.2, -0.15) is 5.26 Å². The average molecular weight is 685 g/mol. The molecule has 0 amide bonds. The second-order valence-electron chi connectivity index (χ2n) is 15.2. The Morgan fingerprint density at radius 3 is 1.49 bits per heavy atom. The van der Waals surface area contributed by atoms with Crippen molar-refractivity contribution in [2.75, 3.05) is 0 Å². The lowest BCUT2D eigenvalue weighted by Gasteiger charge is -2.38. The van der Waals surface area contributed by atoms with Gasteiger partial charge in [-0.15, -0.1) is 0 Å². The van der Waals surface area contributed by atoms with Crippen molar-refractivity contribution >= 4 is 0 Å². The Balaban J connectivity index is 1.10. The van der Waals surface area contributed by atoms with Crippen molar-refractivity contribution in [3.8, 4) is 73.6 Å². The molecule has 7 aromatic rings. The fourth-order valence-electron chi connectivity index (χ4n) is 8.86. The van der Waals surface area contributed by atoms with Crippen LogP contribution in [-0.2, 0) is 5.41 Å². The molecule has 0 saturated heterocycles. The number of aromatic nitrogens is 3. The summed E-state index contributed by atoms with van der Waals surface area (Å²) < 4.78 is 0. The fourth-order valence-corrected chi connectivity index (χ4v) is 8.86. The first-order chi connectivity index (χ1) is 26.0. The highest BCUT2D eigenvalue weighted by Crippen LogP contribution is 2.51. The van der Waals surface area contributed by atoms with Gasteiger partial charge in [0.05, 0.1) is 11.6 Å². The third kappa shape index (κ3) is 6.67. The van der Waals surface area contributed by atoms with Crippen LogP contribution in [0.5, 0.6) is 0 Å². The number of nitrogens with zero attached hydrogens (tertiary/aromatic N) is 4. The normalized spacial score (nSPS) is 19.1. The van der Waals surface area contributed by atoms with Crippen molar-refractivity contribution in [1.29, 1.82) is 5.26 Å². The molecule has 2 saturated carbocycles. The molecule has 1 unspecified atom stereocenters. The Kier molecular flexibility index (Phi) is 8.49. The van der Waals surface area contributed by atoms with Gasteiger partial charge in [-0.05, 0) is 106 Å². The van der Waals surface area contributed by atoms with Crippen LogP contribution in [0.3, 0.4) is 0 Å². The van der Waals surface area contributed by atoms with E-state index in [1.165, 1.54) is 43.2 Å². The maximum atomic E-state index is 9.69. The molecule has 9 rings (SSSR count). The molecule has 256 valence electrons. The van der Waals surface area contributed by atoms with E-state index in [9.17, 15) is 5.26 Å². The monoisotopic (exact) mass is 684 g/mol. The zero-order valence-electron chi connectivity index (χ0n) is 29.9. The van der Waals surface area contributed by atoms with E-state index in [1.54, 1.807) is 6.07 Å². The molecule has 0 aliphatic heterocycles. The number of rotatable bonds is 7. The van der Waals surface area contributed by atoms with E-state index in [0.29, 0.717) is 23.0 Å². The summed E-state index contributed by atoms with van der Waals surface area (Å²) in [5.74, 6) is 3.48. The molecule has 1 aromatic heterocycles. The topological polar surface area (TPSA) is 62.5 Å². The van der Waals surface area contributed by atoms with Crippen LogP contribution < -0.4 is 0 Å². The molecule has 4 nitrogen and oxygen atoms in total. The van der Waals surface area contributed by atoms with Gasteiger partial charge in [0.15, 0.2) is 17.5 Å². The third-order valence-corrected chi connectivity index (χ3v) is 11.5. The highest BCUT2D eigenvalue weighted by Gasteiger charge is 2.41. The smallest absolute Gasteiger partial charge is 0.164 e. The number of hydrogen-bond acceptors (Lipinski definition) is 4. The quantitative estimate of drug-likeness (QED) is 0.168. The lowest BCUT2D eigenvalue weighted by molar-refractivity contribution is 0.232. The molecule has 0 radical (unpaired) electrons. The van der Waals surface area contributed by atoms with Gasteiger partial charge in [0.1, 0.15) is 0 Å². The SMILES string of the molecule is CC1(c2ccc(-c3ccc(-c4nc(-c5cccc(C#N)c5)nc(-c5cc(-c6ccccc6)cc(-c6ccccc6)c5)n4)cc3)cc2)C[C@@H]2CC[C@@H](C2)C1. The molecule has 4 heteroatoms. The molecular formula is C49H40N4. The minimum Gasteiger partial charge on any atom is -0.208 e. The summed E-state index contributed by atoms with van der Waals surface area (Å²) in [6.07, 6.45) is 6.90. The van der Waals surface area contributed by atoms with Gasteiger partial charge in [0, 0.05) is 16.7 Å². The van der Waals surface area contributed by atoms with Crippen LogP contribution >= 0.6 is 0 Å². The van der Waals surface area contributed by atoms with Gasteiger partial charge in [-0.1, -0.05) is 141 Å². The summed E-state index contributed by atoms with van der Waals surface area (Å²) in [7, 11) is 0. The van der Waals surface area contributed by atoms with Gasteiger partial charge in [0.2, 0.25) is 0 Å². The Labute approximate surface area is 311 Å². The highest BCUT2D eigenvalue weighted by atomic mass is 15.0. The Morgan fingerprint density at radius 1 is 0.472 bits per heavy atom. The molecule has 1 heterocycles. The Morgan fingerprint density at radius 2 is 0.925 bits per heavy atom. The van der Waals surface area contributed by atoms with Crippen molar-refractivity contribution in [1.82, 2.24) is 15.0 Å². The first-order valence-electron chi connectivity index (χ1n) is 18.7. The van der Waals surface area contributed by atoms with Crippen molar-refractivity contribution in [3.05, 3.63) is 163 Å². The minimum absolute atomic E-state index is 0.287. The second kappa shape index (κ2) is 13.7. The maximum absolute atomic E-state index is 9.69. The summed E-state index contributed by atoms with van der Waals surface area (Å²) in [4.78, 5) is 15.2. The lowest BCUT2D eigenvalue weighted by Crippen LogP contribution is -2.30. The van der Waals surface area contributed by atoms with Gasteiger partial charge in [-0.25, -0.2) is 15.0 Å². The summed E-state index contributed by atoms with van der Waals surface area (Å²) in [6.45, 7) is 2.48. The molecule has 53 heavy (non-hydrogen) atoms. The van der Waals surface area contributed by atoms with Crippen LogP contribution in [0.2, 0.25) is 0 Å². The molecular weight excluding hydrogens is 645 g/mol. The molecule has 2 fully saturated rings. The molecule has 3 atom stereocenters. The van der Waals surface area contributed by atoms with E-state index in [4.69, 9.17) is 15.0 Å². The average Bonchev–Trinajstić information content (AvgIpc) is 3.59. The lowest BCUT2D eigenvalue weighted by atomic mass is 9.66. The standard InChI is InChI=1S/C49H40N4/c1-49(30-33-15-16-34(25-33)31-49)45-23-21-39(22-24-45)38-17-19-40(20-18-38)46-51-47(41-14-8-9-35(26-41)32-50)53-48(52-46)44-28-42(36-10-4-2-5-11-36)27-43(29-44)37-12-6-3-7-13-37/h2-14,17-24,26-29,33-34H,15-16,25,30-31H2,1H3/t33-,34+,49?. The minimum atomic E-state index is 0.287. The molecule has 2 aliphatic rings. The van der Waals surface area contributed by atoms with E-state index in [0.717, 1.165) is 56.3 Å². The van der Waals surface area contributed by atoms with Crippen LogP contribution in [0.15, 0.2) is 152 Å². The molecule has 6 aromatic carbocycles. The van der Waals surface area contributed by atoms with Crippen molar-refractivity contribution in [2.24, 2.45) is 11.8 Å². The van der Waals surface area contributed by atoms with Gasteiger partial charge in [0.25, 0.3) is 0 Å². The van der Waals surface area contributed by atoms with Crippen LogP contribution in [0.25, 0.3) is 67.5 Å². The van der Waals surface area contributed by atoms with Gasteiger partial charge >= 0.3 is 0 Å². The van der Waals surface area contributed by atoms with Crippen LogP contribution in [0, 0.1) is 23.2 Å². The van der Waals surface area contributed by atoms with E-state index >= 15 is 0 Å². The zero-order chi connectivity index (χ0) is 35.8. The van der Waals surface area contributed by atoms with E-state index in [2.05, 4.69) is 128 Å². The second-order valence-corrected chi connectivity index (χ2v) is 15.2. The molecule has 0 spiro atoms. The van der Waals surface area contributed by atoms with Crippen LogP contribution in [-0.4, -0.2) is 15.0 Å². The predicted octanol–water partition coefficient (Wildman–Crippen LogP) is 12.2. The summed E-state index contributed by atoms with van der Waals surface area (Å²) in [6, 6.07) is 54.9. The molecule has 2 aliphatic carbocycles. The van der Waals surface area contributed by atoms with Gasteiger partial charge in [-0.3, -0.25) is 0 Å². The zero-order valence-corrected chi connectivity index (χ0v) is 29.9.